The first-order valence-corrected chi connectivity index (χ1v) is 10.9. The van der Waals surface area contributed by atoms with Crippen LogP contribution in [0.1, 0.15) is 50.2 Å². The quantitative estimate of drug-likeness (QED) is 0.657. The zero-order valence-corrected chi connectivity index (χ0v) is 18.1. The minimum Gasteiger partial charge on any atom is -0.505 e. The van der Waals surface area contributed by atoms with Crippen LogP contribution in [0.15, 0.2) is 36.5 Å². The number of rotatable bonds is 3. The van der Waals surface area contributed by atoms with Crippen molar-refractivity contribution in [3.8, 4) is 5.75 Å². The number of carbonyl (C=O) groups is 2. The van der Waals surface area contributed by atoms with Crippen LogP contribution in [0.2, 0.25) is 0 Å². The van der Waals surface area contributed by atoms with Crippen molar-refractivity contribution in [2.75, 3.05) is 20.1 Å². The lowest BCUT2D eigenvalue weighted by molar-refractivity contribution is 0.0666. The van der Waals surface area contributed by atoms with E-state index in [0.717, 1.165) is 11.1 Å². The molecule has 3 aromatic rings. The fourth-order valence-corrected chi connectivity index (χ4v) is 4.71. The highest BCUT2D eigenvalue weighted by Gasteiger charge is 2.36. The van der Waals surface area contributed by atoms with Crippen LogP contribution in [0.4, 0.5) is 8.78 Å². The number of piperidine rings is 1. The Bertz CT molecular complexity index is 1270. The molecule has 33 heavy (non-hydrogen) atoms. The predicted octanol–water partition coefficient (Wildman–Crippen LogP) is 3.83. The number of halogens is 2. The second-order valence-electron chi connectivity index (χ2n) is 8.75. The largest absolute Gasteiger partial charge is 0.505 e. The summed E-state index contributed by atoms with van der Waals surface area (Å²) < 4.78 is 27.0. The lowest BCUT2D eigenvalue weighted by Gasteiger charge is -2.29. The normalized spacial score (nSPS) is 16.5. The summed E-state index contributed by atoms with van der Waals surface area (Å²) in [5.74, 6) is -1.21. The number of carbonyl (C=O) groups excluding carboxylic acids is 2. The van der Waals surface area contributed by atoms with Crippen LogP contribution in [0.25, 0.3) is 10.9 Å². The molecule has 2 aromatic carbocycles. The average Bonchev–Trinajstić information content (AvgIpc) is 3.10. The minimum absolute atomic E-state index is 0.104. The fourth-order valence-electron chi connectivity index (χ4n) is 4.71. The van der Waals surface area contributed by atoms with Crippen molar-refractivity contribution < 1.29 is 23.5 Å². The zero-order valence-electron chi connectivity index (χ0n) is 18.1. The topological polar surface area (TPSA) is 73.7 Å². The van der Waals surface area contributed by atoms with E-state index in [1.807, 2.05) is 0 Å². The Balaban J connectivity index is 1.65. The van der Waals surface area contributed by atoms with Crippen LogP contribution in [0, 0.1) is 5.82 Å². The summed E-state index contributed by atoms with van der Waals surface area (Å²) in [4.78, 5) is 33.8. The molecule has 0 spiro atoms. The maximum absolute atomic E-state index is 13.7. The van der Waals surface area contributed by atoms with E-state index in [1.54, 1.807) is 36.3 Å². The van der Waals surface area contributed by atoms with Gasteiger partial charge < -0.3 is 14.9 Å². The maximum Gasteiger partial charge on any atom is 0.258 e. The number of hydrogen-bond donors (Lipinski definition) is 1. The van der Waals surface area contributed by atoms with Crippen molar-refractivity contribution in [2.24, 2.45) is 0 Å². The van der Waals surface area contributed by atoms with E-state index < -0.39 is 6.17 Å². The highest BCUT2D eigenvalue weighted by molar-refractivity contribution is 6.15. The summed E-state index contributed by atoms with van der Waals surface area (Å²) in [6.07, 6.45) is 1.67. The Kier molecular flexibility index (Phi) is 5.23. The Morgan fingerprint density at radius 1 is 1.18 bits per heavy atom. The Labute approximate surface area is 189 Å². The van der Waals surface area contributed by atoms with Crippen LogP contribution < -0.4 is 0 Å². The third-order valence-electron chi connectivity index (χ3n) is 6.48. The van der Waals surface area contributed by atoms with Gasteiger partial charge in [-0.3, -0.25) is 14.6 Å². The molecule has 2 aliphatic rings. The summed E-state index contributed by atoms with van der Waals surface area (Å²) in [5, 5.41) is 11.4. The van der Waals surface area contributed by atoms with Gasteiger partial charge in [0.1, 0.15) is 17.5 Å². The van der Waals surface area contributed by atoms with Crippen molar-refractivity contribution in [2.45, 2.75) is 32.0 Å². The number of alkyl halides is 1. The molecule has 8 heteroatoms. The monoisotopic (exact) mass is 451 g/mol. The number of phenols is 1. The molecule has 0 radical (unpaired) electrons. The summed E-state index contributed by atoms with van der Waals surface area (Å²) >= 11 is 0. The first-order valence-electron chi connectivity index (χ1n) is 10.9. The van der Waals surface area contributed by atoms with Crippen LogP contribution in [-0.4, -0.2) is 58.0 Å². The van der Waals surface area contributed by atoms with Gasteiger partial charge in [-0.05, 0) is 48.6 Å². The fraction of sp³-hybridized carbons (Fsp3) is 0.320. The molecule has 170 valence electrons. The summed E-state index contributed by atoms with van der Waals surface area (Å²) in [5.41, 5.74) is 2.75. The molecular weight excluding hydrogens is 428 g/mol. The number of fused-ring (bicyclic) bond motifs is 2. The van der Waals surface area contributed by atoms with Gasteiger partial charge >= 0.3 is 0 Å². The molecule has 0 atom stereocenters. The van der Waals surface area contributed by atoms with E-state index >= 15 is 0 Å². The molecule has 3 heterocycles. The number of amides is 2. The van der Waals surface area contributed by atoms with Gasteiger partial charge in [0.15, 0.2) is 5.75 Å². The van der Waals surface area contributed by atoms with Gasteiger partial charge in [-0.25, -0.2) is 8.78 Å². The Hall–Kier alpha value is -3.55. The van der Waals surface area contributed by atoms with Gasteiger partial charge in [-0.1, -0.05) is 12.1 Å². The minimum atomic E-state index is -0.923. The summed E-state index contributed by atoms with van der Waals surface area (Å²) in [6.45, 7) is 0.785. The standard InChI is InChI=1S/C25H23F2N3O3/c1-29-13-19-20(25(33)30-8-6-17(27)7-9-30)18-11-15(10-14-2-4-16(26)5-3-14)12-28-22(18)23(31)21(19)24(29)32/h2-5,11-12,17,31H,6-10,13H2,1H3. The molecule has 0 bridgehead atoms. The SMILES string of the molecule is CN1Cc2c(c(O)c3ncc(Cc4ccc(F)cc4)cc3c2C(=O)N2CCC(F)CC2)C1=O. The van der Waals surface area contributed by atoms with Gasteiger partial charge in [0, 0.05) is 43.8 Å². The van der Waals surface area contributed by atoms with Crippen LogP contribution in [0.5, 0.6) is 5.75 Å². The highest BCUT2D eigenvalue weighted by atomic mass is 19.1. The van der Waals surface area contributed by atoms with Gasteiger partial charge in [0.05, 0.1) is 11.1 Å². The van der Waals surface area contributed by atoms with E-state index in [9.17, 15) is 23.5 Å². The number of aromatic hydroxyl groups is 1. The molecule has 2 amide bonds. The molecule has 1 fully saturated rings. The number of phenolic OH excluding ortho intramolecular Hbond substituents is 1. The first kappa shape index (κ1) is 21.3. The number of aromatic nitrogens is 1. The summed E-state index contributed by atoms with van der Waals surface area (Å²) in [7, 11) is 1.61. The van der Waals surface area contributed by atoms with Crippen molar-refractivity contribution in [1.82, 2.24) is 14.8 Å². The Morgan fingerprint density at radius 2 is 1.88 bits per heavy atom. The second kappa shape index (κ2) is 8.10. The third-order valence-corrected chi connectivity index (χ3v) is 6.48. The van der Waals surface area contributed by atoms with Gasteiger partial charge in [0.25, 0.3) is 11.8 Å². The van der Waals surface area contributed by atoms with Gasteiger partial charge in [-0.15, -0.1) is 0 Å². The number of likely N-dealkylation sites (tertiary alicyclic amines) is 1. The van der Waals surface area contributed by atoms with Crippen molar-refractivity contribution in [3.05, 3.63) is 70.2 Å². The predicted molar refractivity (Wildman–Crippen MR) is 118 cm³/mol. The van der Waals surface area contributed by atoms with Crippen molar-refractivity contribution in [1.29, 1.82) is 0 Å². The molecule has 0 saturated carbocycles. The molecule has 5 rings (SSSR count). The molecule has 0 aliphatic carbocycles. The molecule has 1 aromatic heterocycles. The number of benzene rings is 2. The third kappa shape index (κ3) is 3.69. The van der Waals surface area contributed by atoms with E-state index in [-0.39, 0.29) is 53.8 Å². The smallest absolute Gasteiger partial charge is 0.258 e. The average molecular weight is 451 g/mol. The molecule has 0 unspecified atom stereocenters. The molecular formula is C25H23F2N3O3. The lowest BCUT2D eigenvalue weighted by Crippen LogP contribution is -2.39. The Morgan fingerprint density at radius 3 is 2.58 bits per heavy atom. The molecule has 1 N–H and O–H groups in total. The summed E-state index contributed by atoms with van der Waals surface area (Å²) in [6, 6.07) is 7.92. The molecule has 6 nitrogen and oxygen atoms in total. The zero-order chi connectivity index (χ0) is 23.3. The van der Waals surface area contributed by atoms with E-state index in [2.05, 4.69) is 4.98 Å². The number of nitrogens with zero attached hydrogens (tertiary/aromatic N) is 3. The maximum atomic E-state index is 13.7. The van der Waals surface area contributed by atoms with Crippen LogP contribution >= 0.6 is 0 Å². The van der Waals surface area contributed by atoms with Crippen molar-refractivity contribution in [3.63, 3.8) is 0 Å². The van der Waals surface area contributed by atoms with Crippen LogP contribution in [0.3, 0.4) is 0 Å². The highest BCUT2D eigenvalue weighted by Crippen LogP contribution is 2.40. The lowest BCUT2D eigenvalue weighted by atomic mass is 9.93. The number of hydrogen-bond acceptors (Lipinski definition) is 4. The molecule has 2 aliphatic heterocycles. The van der Waals surface area contributed by atoms with E-state index in [4.69, 9.17) is 0 Å². The van der Waals surface area contributed by atoms with Gasteiger partial charge in [0.2, 0.25) is 0 Å². The van der Waals surface area contributed by atoms with E-state index in [0.29, 0.717) is 36.0 Å². The first-order chi connectivity index (χ1) is 15.8. The van der Waals surface area contributed by atoms with Crippen LogP contribution in [-0.2, 0) is 13.0 Å². The second-order valence-corrected chi connectivity index (χ2v) is 8.75. The van der Waals surface area contributed by atoms with E-state index in [1.165, 1.54) is 17.0 Å². The number of pyridine rings is 1. The molecule has 1 saturated heterocycles. The van der Waals surface area contributed by atoms with Crippen molar-refractivity contribution >= 4 is 22.7 Å². The van der Waals surface area contributed by atoms with Gasteiger partial charge in [-0.2, -0.15) is 0 Å².